The Bertz CT molecular complexity index is 265. The monoisotopic (exact) mass is 245 g/mol. The zero-order chi connectivity index (χ0) is 11.4. The molecule has 86 valence electrons. The van der Waals surface area contributed by atoms with E-state index >= 15 is 0 Å². The van der Waals surface area contributed by atoms with Gasteiger partial charge in [0.1, 0.15) is 0 Å². The molecule has 0 amide bonds. The van der Waals surface area contributed by atoms with Gasteiger partial charge in [-0.05, 0) is 25.1 Å². The highest BCUT2D eigenvalue weighted by molar-refractivity contribution is 8.00. The maximum Gasteiger partial charge on any atom is 0.184 e. The molecule has 0 unspecified atom stereocenters. The summed E-state index contributed by atoms with van der Waals surface area (Å²) in [4.78, 5) is 0. The third-order valence-corrected chi connectivity index (χ3v) is 4.51. The summed E-state index contributed by atoms with van der Waals surface area (Å²) in [6.07, 6.45) is 2.21. The van der Waals surface area contributed by atoms with Gasteiger partial charge in [-0.15, -0.1) is 0 Å². The zero-order valence-corrected chi connectivity index (χ0v) is 11.1. The number of hydrazone groups is 1. The van der Waals surface area contributed by atoms with Crippen molar-refractivity contribution >= 4 is 34.8 Å². The van der Waals surface area contributed by atoms with Crippen molar-refractivity contribution in [2.24, 2.45) is 16.8 Å². The summed E-state index contributed by atoms with van der Waals surface area (Å²) in [6.45, 7) is 6.70. The summed E-state index contributed by atoms with van der Waals surface area (Å²) in [5.74, 6) is 0.512. The summed E-state index contributed by atoms with van der Waals surface area (Å²) >= 11 is 6.80. The lowest BCUT2D eigenvalue weighted by molar-refractivity contribution is 0.645. The Balaban J connectivity index is 2.69. The average molecular weight is 245 g/mol. The predicted molar refractivity (Wildman–Crippen MR) is 72.3 cm³/mol. The van der Waals surface area contributed by atoms with Crippen molar-refractivity contribution in [1.29, 1.82) is 0 Å². The third-order valence-electron chi connectivity index (χ3n) is 2.70. The van der Waals surface area contributed by atoms with Gasteiger partial charge in [0.05, 0.1) is 0 Å². The van der Waals surface area contributed by atoms with Crippen molar-refractivity contribution in [3.05, 3.63) is 0 Å². The number of rotatable bonds is 2. The molecule has 0 bridgehead atoms. The van der Waals surface area contributed by atoms with Gasteiger partial charge in [0.15, 0.2) is 5.11 Å². The molecule has 1 saturated heterocycles. The fourth-order valence-corrected chi connectivity index (χ4v) is 3.38. The van der Waals surface area contributed by atoms with Gasteiger partial charge in [-0.1, -0.05) is 20.8 Å². The van der Waals surface area contributed by atoms with E-state index < -0.39 is 0 Å². The highest BCUT2D eigenvalue weighted by Crippen LogP contribution is 2.35. The molecule has 15 heavy (non-hydrogen) atoms. The molecule has 3 atom stereocenters. The third kappa shape index (κ3) is 3.65. The van der Waals surface area contributed by atoms with Crippen LogP contribution in [-0.4, -0.2) is 21.3 Å². The molecule has 1 rings (SSSR count). The Morgan fingerprint density at radius 2 is 2.33 bits per heavy atom. The van der Waals surface area contributed by atoms with E-state index in [1.165, 1.54) is 12.1 Å². The van der Waals surface area contributed by atoms with Gasteiger partial charge >= 0.3 is 0 Å². The number of nitrogens with one attached hydrogen (secondary N) is 1. The average Bonchev–Trinajstić information content (AvgIpc) is 2.18. The normalized spacial score (nSPS) is 34.1. The molecule has 0 aliphatic carbocycles. The minimum absolute atomic E-state index is 0.244. The van der Waals surface area contributed by atoms with Crippen LogP contribution in [0.5, 0.6) is 0 Å². The van der Waals surface area contributed by atoms with Gasteiger partial charge in [0.25, 0.3) is 0 Å². The quantitative estimate of drug-likeness (QED) is 0.578. The summed E-state index contributed by atoms with van der Waals surface area (Å²) in [5.41, 5.74) is 9.26. The van der Waals surface area contributed by atoms with Crippen LogP contribution < -0.4 is 11.2 Å². The molecular formula is C10H19N3S2. The molecule has 0 aromatic carbocycles. The molecule has 5 heteroatoms. The fourth-order valence-electron chi connectivity index (χ4n) is 1.88. The minimum Gasteiger partial charge on any atom is -0.375 e. The van der Waals surface area contributed by atoms with Crippen LogP contribution in [0.3, 0.4) is 0 Å². The van der Waals surface area contributed by atoms with Gasteiger partial charge in [-0.3, -0.25) is 5.43 Å². The topological polar surface area (TPSA) is 50.4 Å². The zero-order valence-electron chi connectivity index (χ0n) is 9.49. The van der Waals surface area contributed by atoms with Gasteiger partial charge in [0, 0.05) is 22.1 Å². The first-order valence-electron chi connectivity index (χ1n) is 5.32. The molecular weight excluding hydrogens is 226 g/mol. The molecule has 1 heterocycles. The van der Waals surface area contributed by atoms with Crippen molar-refractivity contribution < 1.29 is 0 Å². The van der Waals surface area contributed by atoms with Crippen LogP contribution in [0.15, 0.2) is 5.10 Å². The molecule has 0 spiro atoms. The SMILES string of the molecule is CC[C@@H]1S[C@H](C)CC(=NNC(N)=S)[C@H]1C. The molecule has 3 nitrogen and oxygen atoms in total. The van der Waals surface area contributed by atoms with Gasteiger partial charge in [0.2, 0.25) is 0 Å². The highest BCUT2D eigenvalue weighted by Gasteiger charge is 2.29. The first-order chi connectivity index (χ1) is 7.04. The lowest BCUT2D eigenvalue weighted by atomic mass is 9.95. The minimum atomic E-state index is 0.244. The van der Waals surface area contributed by atoms with Crippen LogP contribution in [0.25, 0.3) is 0 Å². The molecule has 0 saturated carbocycles. The second-order valence-electron chi connectivity index (χ2n) is 3.97. The van der Waals surface area contributed by atoms with Gasteiger partial charge in [-0.2, -0.15) is 16.9 Å². The molecule has 1 aliphatic rings. The Morgan fingerprint density at radius 3 is 2.87 bits per heavy atom. The summed E-state index contributed by atoms with van der Waals surface area (Å²) < 4.78 is 0. The first-order valence-corrected chi connectivity index (χ1v) is 6.67. The summed E-state index contributed by atoms with van der Waals surface area (Å²) in [5, 5.41) is 5.85. The Labute approximate surface area is 101 Å². The van der Waals surface area contributed by atoms with E-state index in [-0.39, 0.29) is 5.11 Å². The van der Waals surface area contributed by atoms with Crippen molar-refractivity contribution in [3.8, 4) is 0 Å². The molecule has 1 fully saturated rings. The lowest BCUT2D eigenvalue weighted by Crippen LogP contribution is -2.35. The number of thioether (sulfide) groups is 1. The second-order valence-corrected chi connectivity index (χ2v) is 6.09. The smallest absolute Gasteiger partial charge is 0.184 e. The van der Waals surface area contributed by atoms with E-state index in [9.17, 15) is 0 Å². The van der Waals surface area contributed by atoms with E-state index in [1.807, 2.05) is 0 Å². The highest BCUT2D eigenvalue weighted by atomic mass is 32.2. The van der Waals surface area contributed by atoms with E-state index in [1.54, 1.807) is 0 Å². The van der Waals surface area contributed by atoms with E-state index in [4.69, 9.17) is 18.0 Å². The lowest BCUT2D eigenvalue weighted by Gasteiger charge is -2.32. The van der Waals surface area contributed by atoms with Crippen LogP contribution in [0.2, 0.25) is 0 Å². The van der Waals surface area contributed by atoms with Gasteiger partial charge < -0.3 is 5.73 Å². The first kappa shape index (κ1) is 12.8. The fraction of sp³-hybridized carbons (Fsp3) is 0.800. The van der Waals surface area contributed by atoms with Crippen molar-refractivity contribution in [1.82, 2.24) is 5.43 Å². The second kappa shape index (κ2) is 5.70. The van der Waals surface area contributed by atoms with Crippen LogP contribution in [-0.2, 0) is 0 Å². The van der Waals surface area contributed by atoms with Crippen LogP contribution in [0.4, 0.5) is 0 Å². The van der Waals surface area contributed by atoms with Crippen LogP contribution in [0, 0.1) is 5.92 Å². The standard InChI is InChI=1S/C10H19N3S2/c1-4-9-7(3)8(5-6(2)15-9)12-13-10(11)14/h6-7,9H,4-5H2,1-3H3,(H3,11,13,14)/t6-,7-,9+/m1/s1. The predicted octanol–water partition coefficient (Wildman–Crippen LogP) is 2.12. The van der Waals surface area contributed by atoms with Crippen LogP contribution in [0.1, 0.15) is 33.6 Å². The Morgan fingerprint density at radius 1 is 1.67 bits per heavy atom. The number of hydrogen-bond donors (Lipinski definition) is 2. The van der Waals surface area contributed by atoms with Crippen molar-refractivity contribution in [2.75, 3.05) is 0 Å². The summed E-state index contributed by atoms with van der Waals surface area (Å²) in [6, 6.07) is 0. The number of hydrogen-bond acceptors (Lipinski definition) is 3. The van der Waals surface area contributed by atoms with Crippen molar-refractivity contribution in [3.63, 3.8) is 0 Å². The van der Waals surface area contributed by atoms with Crippen molar-refractivity contribution in [2.45, 2.75) is 44.1 Å². The maximum absolute atomic E-state index is 5.36. The molecule has 0 aromatic heterocycles. The molecule has 1 aliphatic heterocycles. The summed E-state index contributed by atoms with van der Waals surface area (Å²) in [7, 11) is 0. The van der Waals surface area contributed by atoms with E-state index in [0.717, 1.165) is 6.42 Å². The largest absolute Gasteiger partial charge is 0.375 e. The Hall–Kier alpha value is -0.290. The van der Waals surface area contributed by atoms with Crippen LogP contribution >= 0.6 is 24.0 Å². The van der Waals surface area contributed by atoms with Gasteiger partial charge in [-0.25, -0.2) is 0 Å². The molecule has 3 N–H and O–H groups in total. The number of thiocarbonyl (C=S) groups is 1. The number of nitrogens with zero attached hydrogens (tertiary/aromatic N) is 1. The molecule has 0 aromatic rings. The number of nitrogens with two attached hydrogens (primary N) is 1. The Kier molecular flexibility index (Phi) is 4.86. The van der Waals surface area contributed by atoms with E-state index in [0.29, 0.717) is 16.4 Å². The van der Waals surface area contributed by atoms with E-state index in [2.05, 4.69) is 43.1 Å². The molecule has 0 radical (unpaired) electrons. The maximum atomic E-state index is 5.36.